The smallest absolute Gasteiger partial charge is 0.153 e. The highest BCUT2D eigenvalue weighted by atomic mass is 32.1. The molecule has 0 unspecified atom stereocenters. The van der Waals surface area contributed by atoms with Gasteiger partial charge in [-0.15, -0.1) is 0 Å². The summed E-state index contributed by atoms with van der Waals surface area (Å²) in [6, 6.07) is 7.83. The molecule has 20 heavy (non-hydrogen) atoms. The molecule has 0 aliphatic carbocycles. The van der Waals surface area contributed by atoms with E-state index in [2.05, 4.69) is 27.9 Å². The van der Waals surface area contributed by atoms with Crippen molar-refractivity contribution in [3.8, 4) is 28.1 Å². The number of anilines is 1. The number of aryl methyl sites for hydroxylation is 1. The molecule has 4 nitrogen and oxygen atoms in total. The van der Waals surface area contributed by atoms with Crippen molar-refractivity contribution in [1.82, 2.24) is 10.2 Å². The van der Waals surface area contributed by atoms with Crippen LogP contribution >= 0.6 is 11.3 Å². The molecule has 5 heteroatoms. The van der Waals surface area contributed by atoms with Crippen molar-refractivity contribution in [3.63, 3.8) is 0 Å². The molecule has 3 N–H and O–H groups in total. The Morgan fingerprint density at radius 1 is 1.30 bits per heavy atom. The van der Waals surface area contributed by atoms with Crippen molar-refractivity contribution in [2.75, 3.05) is 12.8 Å². The molecule has 0 saturated carbocycles. The van der Waals surface area contributed by atoms with E-state index >= 15 is 0 Å². The van der Waals surface area contributed by atoms with Gasteiger partial charge in [-0.05, 0) is 35.6 Å². The molecular weight excluding hydrogens is 270 g/mol. The summed E-state index contributed by atoms with van der Waals surface area (Å²) in [5.74, 6) is 1.30. The van der Waals surface area contributed by atoms with Crippen LogP contribution < -0.4 is 10.5 Å². The van der Waals surface area contributed by atoms with Crippen LogP contribution in [0, 0.1) is 6.92 Å². The number of nitrogens with one attached hydrogen (secondary N) is 1. The van der Waals surface area contributed by atoms with Gasteiger partial charge in [0.05, 0.1) is 18.4 Å². The number of hydrogen-bond acceptors (Lipinski definition) is 4. The Labute approximate surface area is 121 Å². The molecule has 0 fully saturated rings. The van der Waals surface area contributed by atoms with Crippen molar-refractivity contribution in [3.05, 3.63) is 40.6 Å². The van der Waals surface area contributed by atoms with Crippen molar-refractivity contribution < 1.29 is 4.74 Å². The molecule has 102 valence electrons. The lowest BCUT2D eigenvalue weighted by atomic mass is 10.0. The number of nitrogen functional groups attached to an aromatic ring is 1. The number of methoxy groups -OCH3 is 1. The van der Waals surface area contributed by atoms with Crippen LogP contribution in [-0.2, 0) is 0 Å². The molecule has 0 saturated heterocycles. The maximum Gasteiger partial charge on any atom is 0.153 e. The maximum absolute atomic E-state index is 6.04. The number of ether oxygens (including phenoxy) is 1. The third kappa shape index (κ3) is 2.06. The lowest BCUT2D eigenvalue weighted by Gasteiger charge is -2.06. The molecule has 0 aliphatic rings. The fraction of sp³-hybridized carbons (Fsp3) is 0.133. The van der Waals surface area contributed by atoms with Crippen LogP contribution in [0.4, 0.5) is 5.82 Å². The second-order valence-electron chi connectivity index (χ2n) is 4.56. The van der Waals surface area contributed by atoms with Crippen molar-refractivity contribution in [1.29, 1.82) is 0 Å². The van der Waals surface area contributed by atoms with Crippen LogP contribution in [0.2, 0.25) is 0 Å². The van der Waals surface area contributed by atoms with Crippen molar-refractivity contribution in [2.24, 2.45) is 0 Å². The van der Waals surface area contributed by atoms with Gasteiger partial charge in [0.2, 0.25) is 0 Å². The van der Waals surface area contributed by atoms with Gasteiger partial charge in [-0.25, -0.2) is 0 Å². The van der Waals surface area contributed by atoms with Gasteiger partial charge in [0.25, 0.3) is 0 Å². The van der Waals surface area contributed by atoms with Crippen LogP contribution in [0.3, 0.4) is 0 Å². The fourth-order valence-corrected chi connectivity index (χ4v) is 3.08. The van der Waals surface area contributed by atoms with E-state index < -0.39 is 0 Å². The van der Waals surface area contributed by atoms with E-state index in [0.29, 0.717) is 5.82 Å². The molecule has 2 heterocycles. The number of nitrogens with two attached hydrogens (primary N) is 1. The SMILES string of the molecule is COc1cccc(-c2c(N)n[nH]c2-c2cscc2C)c1. The third-order valence-corrected chi connectivity index (χ3v) is 4.14. The minimum absolute atomic E-state index is 0.499. The van der Waals surface area contributed by atoms with Gasteiger partial charge in [-0.1, -0.05) is 12.1 Å². The van der Waals surface area contributed by atoms with Crippen LogP contribution in [0.1, 0.15) is 5.56 Å². The minimum Gasteiger partial charge on any atom is -0.497 e. The van der Waals surface area contributed by atoms with Gasteiger partial charge < -0.3 is 10.5 Å². The number of aromatic amines is 1. The van der Waals surface area contributed by atoms with Crippen LogP contribution in [0.5, 0.6) is 5.75 Å². The highest BCUT2D eigenvalue weighted by Crippen LogP contribution is 2.38. The molecule has 0 amide bonds. The summed E-state index contributed by atoms with van der Waals surface area (Å²) >= 11 is 1.67. The van der Waals surface area contributed by atoms with Gasteiger partial charge in [-0.2, -0.15) is 16.4 Å². The normalized spacial score (nSPS) is 10.7. The number of benzene rings is 1. The van der Waals surface area contributed by atoms with E-state index in [1.54, 1.807) is 18.4 Å². The summed E-state index contributed by atoms with van der Waals surface area (Å²) < 4.78 is 5.28. The number of nitrogens with zero attached hydrogens (tertiary/aromatic N) is 1. The van der Waals surface area contributed by atoms with Gasteiger partial charge in [0, 0.05) is 10.9 Å². The standard InChI is InChI=1S/C15H15N3OS/c1-9-7-20-8-12(9)14-13(15(16)18-17-14)10-4-3-5-11(6-10)19-2/h3-8H,1-2H3,(H3,16,17,18). The number of rotatable bonds is 3. The molecule has 3 rings (SSSR count). The lowest BCUT2D eigenvalue weighted by Crippen LogP contribution is -1.90. The van der Waals surface area contributed by atoms with Gasteiger partial charge in [-0.3, -0.25) is 5.10 Å². The van der Waals surface area contributed by atoms with E-state index in [4.69, 9.17) is 10.5 Å². The average molecular weight is 285 g/mol. The van der Waals surface area contributed by atoms with E-state index in [9.17, 15) is 0 Å². The lowest BCUT2D eigenvalue weighted by molar-refractivity contribution is 0.415. The molecule has 0 bridgehead atoms. The Kier molecular flexibility index (Phi) is 3.20. The predicted octanol–water partition coefficient (Wildman–Crippen LogP) is 3.70. The Balaban J connectivity index is 2.19. The molecule has 0 spiro atoms. The first-order chi connectivity index (χ1) is 9.70. The van der Waals surface area contributed by atoms with E-state index in [0.717, 1.165) is 28.1 Å². The molecule has 3 aromatic rings. The zero-order valence-corrected chi connectivity index (χ0v) is 12.1. The van der Waals surface area contributed by atoms with Gasteiger partial charge in [0.15, 0.2) is 5.82 Å². The summed E-state index contributed by atoms with van der Waals surface area (Å²) in [6.07, 6.45) is 0. The summed E-state index contributed by atoms with van der Waals surface area (Å²) in [7, 11) is 1.65. The molecule has 0 aliphatic heterocycles. The first kappa shape index (κ1) is 12.7. The Morgan fingerprint density at radius 2 is 2.15 bits per heavy atom. The predicted molar refractivity (Wildman–Crippen MR) is 83.0 cm³/mol. The highest BCUT2D eigenvalue weighted by Gasteiger charge is 2.17. The largest absolute Gasteiger partial charge is 0.497 e. The van der Waals surface area contributed by atoms with Crippen LogP contribution in [-0.4, -0.2) is 17.3 Å². The number of aromatic nitrogens is 2. The van der Waals surface area contributed by atoms with Gasteiger partial charge >= 0.3 is 0 Å². The Hall–Kier alpha value is -2.27. The summed E-state index contributed by atoms with van der Waals surface area (Å²) in [4.78, 5) is 0. The summed E-state index contributed by atoms with van der Waals surface area (Å²) in [6.45, 7) is 2.08. The van der Waals surface area contributed by atoms with Crippen molar-refractivity contribution in [2.45, 2.75) is 6.92 Å². The third-order valence-electron chi connectivity index (χ3n) is 3.28. The number of H-pyrrole nitrogens is 1. The Bertz CT molecular complexity index is 745. The molecule has 0 atom stereocenters. The zero-order valence-electron chi connectivity index (χ0n) is 11.3. The molecular formula is C15H15N3OS. The number of hydrogen-bond donors (Lipinski definition) is 2. The average Bonchev–Trinajstić information content (AvgIpc) is 3.04. The van der Waals surface area contributed by atoms with Crippen LogP contribution in [0.25, 0.3) is 22.4 Å². The second kappa shape index (κ2) is 5.02. The maximum atomic E-state index is 6.04. The first-order valence-corrected chi connectivity index (χ1v) is 7.16. The van der Waals surface area contributed by atoms with E-state index in [1.807, 2.05) is 24.3 Å². The zero-order chi connectivity index (χ0) is 14.1. The molecule has 1 aromatic carbocycles. The van der Waals surface area contributed by atoms with E-state index in [1.165, 1.54) is 5.56 Å². The first-order valence-electron chi connectivity index (χ1n) is 6.22. The monoisotopic (exact) mass is 285 g/mol. The van der Waals surface area contributed by atoms with Gasteiger partial charge in [0.1, 0.15) is 5.75 Å². The second-order valence-corrected chi connectivity index (χ2v) is 5.30. The fourth-order valence-electron chi connectivity index (χ4n) is 2.24. The Morgan fingerprint density at radius 3 is 2.85 bits per heavy atom. The molecule has 2 aromatic heterocycles. The summed E-state index contributed by atoms with van der Waals surface area (Å²) in [5, 5.41) is 11.4. The quantitative estimate of drug-likeness (QED) is 0.771. The summed E-state index contributed by atoms with van der Waals surface area (Å²) in [5.41, 5.74) is 11.3. The number of thiophene rings is 1. The minimum atomic E-state index is 0.499. The molecule has 0 radical (unpaired) electrons. The van der Waals surface area contributed by atoms with Crippen molar-refractivity contribution >= 4 is 17.2 Å². The van der Waals surface area contributed by atoms with Crippen LogP contribution in [0.15, 0.2) is 35.0 Å². The van der Waals surface area contributed by atoms with E-state index in [-0.39, 0.29) is 0 Å². The topological polar surface area (TPSA) is 63.9 Å². The highest BCUT2D eigenvalue weighted by molar-refractivity contribution is 7.08.